The first kappa shape index (κ1) is 23.2. The zero-order valence-corrected chi connectivity index (χ0v) is 19.3. The van der Waals surface area contributed by atoms with E-state index in [0.29, 0.717) is 35.7 Å². The predicted octanol–water partition coefficient (Wildman–Crippen LogP) is 3.41. The minimum Gasteiger partial charge on any atom is -0.496 e. The molecule has 34 heavy (non-hydrogen) atoms. The van der Waals surface area contributed by atoms with Crippen LogP contribution in [0.5, 0.6) is 11.6 Å². The molecule has 0 N–H and O–H groups in total. The number of aromatic nitrogens is 3. The highest BCUT2D eigenvalue weighted by atomic mass is 16.5. The lowest BCUT2D eigenvalue weighted by Gasteiger charge is -2.38. The Balaban J connectivity index is 1.59. The molecule has 4 rings (SSSR count). The fraction of sp³-hybridized carbons (Fsp3) is 0.320. The summed E-state index contributed by atoms with van der Waals surface area (Å²) in [4.78, 5) is 40.6. The second-order valence-electron chi connectivity index (χ2n) is 7.93. The minimum atomic E-state index is -0.603. The van der Waals surface area contributed by atoms with E-state index in [0.717, 1.165) is 6.42 Å². The average molecular weight is 463 g/mol. The number of rotatable bonds is 6. The summed E-state index contributed by atoms with van der Waals surface area (Å²) in [7, 11) is 2.75. The highest BCUT2D eigenvalue weighted by Gasteiger charge is 2.33. The SMILES string of the molecule is COC(=O)c1c(OC)ccnc1O[C@@H]1CC[C@@H](C)N(C(=O)c2ccccc2-c2ncccn2)C1. The third-order valence-corrected chi connectivity index (χ3v) is 5.83. The molecule has 0 bridgehead atoms. The van der Waals surface area contributed by atoms with Gasteiger partial charge in [0.2, 0.25) is 5.88 Å². The van der Waals surface area contributed by atoms with Crippen LogP contribution < -0.4 is 9.47 Å². The third kappa shape index (κ3) is 4.68. The number of hydrogen-bond donors (Lipinski definition) is 0. The molecule has 176 valence electrons. The van der Waals surface area contributed by atoms with Crippen LogP contribution in [0.3, 0.4) is 0 Å². The van der Waals surface area contributed by atoms with Crippen LogP contribution in [0.25, 0.3) is 11.4 Å². The summed E-state index contributed by atoms with van der Waals surface area (Å²) >= 11 is 0. The number of amides is 1. The number of methoxy groups -OCH3 is 2. The summed E-state index contributed by atoms with van der Waals surface area (Å²) in [5.74, 6) is 0.193. The zero-order valence-electron chi connectivity index (χ0n) is 19.3. The maximum atomic E-state index is 13.6. The first-order valence-corrected chi connectivity index (χ1v) is 11.0. The molecule has 2 atom stereocenters. The predicted molar refractivity (Wildman–Crippen MR) is 124 cm³/mol. The van der Waals surface area contributed by atoms with Crippen molar-refractivity contribution in [2.75, 3.05) is 20.8 Å². The zero-order chi connectivity index (χ0) is 24.1. The number of hydrogen-bond acceptors (Lipinski definition) is 8. The smallest absolute Gasteiger partial charge is 0.347 e. The number of nitrogens with zero attached hydrogens (tertiary/aromatic N) is 4. The lowest BCUT2D eigenvalue weighted by molar-refractivity contribution is 0.0358. The van der Waals surface area contributed by atoms with Crippen LogP contribution in [0.15, 0.2) is 55.0 Å². The van der Waals surface area contributed by atoms with E-state index >= 15 is 0 Å². The molecule has 3 heterocycles. The Morgan fingerprint density at radius 3 is 2.47 bits per heavy atom. The highest BCUT2D eigenvalue weighted by Crippen LogP contribution is 2.31. The number of carbonyl (C=O) groups is 2. The molecule has 1 aliphatic heterocycles. The molecule has 0 radical (unpaired) electrons. The Morgan fingerprint density at radius 2 is 1.74 bits per heavy atom. The van der Waals surface area contributed by atoms with E-state index in [2.05, 4.69) is 15.0 Å². The van der Waals surface area contributed by atoms with Gasteiger partial charge in [-0.05, 0) is 38.0 Å². The van der Waals surface area contributed by atoms with E-state index in [-0.39, 0.29) is 29.5 Å². The second kappa shape index (κ2) is 10.3. The molecule has 1 amide bonds. The van der Waals surface area contributed by atoms with Crippen LogP contribution in [0, 0.1) is 0 Å². The van der Waals surface area contributed by atoms with Gasteiger partial charge in [-0.2, -0.15) is 0 Å². The van der Waals surface area contributed by atoms with E-state index < -0.39 is 5.97 Å². The molecule has 9 heteroatoms. The van der Waals surface area contributed by atoms with Gasteiger partial charge in [0.15, 0.2) is 11.4 Å². The first-order chi connectivity index (χ1) is 16.5. The van der Waals surface area contributed by atoms with Crippen LogP contribution in [0.2, 0.25) is 0 Å². The molecule has 0 aliphatic carbocycles. The van der Waals surface area contributed by atoms with Crippen molar-refractivity contribution in [3.63, 3.8) is 0 Å². The van der Waals surface area contributed by atoms with Crippen molar-refractivity contribution >= 4 is 11.9 Å². The molecule has 1 aromatic carbocycles. The molecule has 2 aromatic heterocycles. The molecule has 1 saturated heterocycles. The number of esters is 1. The Morgan fingerprint density at radius 1 is 0.971 bits per heavy atom. The Labute approximate surface area is 197 Å². The van der Waals surface area contributed by atoms with Crippen LogP contribution in [0.4, 0.5) is 0 Å². The van der Waals surface area contributed by atoms with Crippen molar-refractivity contribution < 1.29 is 23.8 Å². The number of benzene rings is 1. The van der Waals surface area contributed by atoms with Crippen LogP contribution in [-0.2, 0) is 4.74 Å². The van der Waals surface area contributed by atoms with Gasteiger partial charge < -0.3 is 19.1 Å². The van der Waals surface area contributed by atoms with E-state index in [1.165, 1.54) is 20.4 Å². The van der Waals surface area contributed by atoms with Gasteiger partial charge in [0.1, 0.15) is 11.9 Å². The molecule has 3 aromatic rings. The van der Waals surface area contributed by atoms with Crippen molar-refractivity contribution in [2.24, 2.45) is 0 Å². The molecule has 0 unspecified atom stereocenters. The molecule has 1 fully saturated rings. The molecule has 0 spiro atoms. The van der Waals surface area contributed by atoms with Gasteiger partial charge in [0, 0.05) is 30.2 Å². The lowest BCUT2D eigenvalue weighted by Crippen LogP contribution is -2.49. The molecule has 9 nitrogen and oxygen atoms in total. The van der Waals surface area contributed by atoms with Gasteiger partial charge in [-0.3, -0.25) is 4.79 Å². The summed E-state index contributed by atoms with van der Waals surface area (Å²) in [6, 6.07) is 10.6. The number of ether oxygens (including phenoxy) is 3. The largest absolute Gasteiger partial charge is 0.496 e. The Hall–Kier alpha value is -4.01. The standard InChI is InChI=1S/C25H26N4O5/c1-16-9-10-17(34-23-21(25(31)33-3)20(32-2)11-14-28-23)15-29(16)24(30)19-8-5-4-7-18(19)22-26-12-6-13-27-22/h4-8,11-14,16-17H,9-10,15H2,1-3H3/t16-,17-/m1/s1. The topological polar surface area (TPSA) is 104 Å². The summed E-state index contributed by atoms with van der Waals surface area (Å²) in [5, 5.41) is 0. The first-order valence-electron chi connectivity index (χ1n) is 11.0. The van der Waals surface area contributed by atoms with Gasteiger partial charge in [0.05, 0.1) is 26.3 Å². The molecule has 0 saturated carbocycles. The number of piperidine rings is 1. The van der Waals surface area contributed by atoms with Crippen molar-refractivity contribution in [2.45, 2.75) is 31.9 Å². The van der Waals surface area contributed by atoms with E-state index in [9.17, 15) is 9.59 Å². The van der Waals surface area contributed by atoms with Crippen molar-refractivity contribution in [1.29, 1.82) is 0 Å². The van der Waals surface area contributed by atoms with E-state index in [1.54, 1.807) is 35.5 Å². The van der Waals surface area contributed by atoms with E-state index in [1.807, 2.05) is 25.1 Å². The van der Waals surface area contributed by atoms with Crippen molar-refractivity contribution in [1.82, 2.24) is 19.9 Å². The van der Waals surface area contributed by atoms with Crippen LogP contribution >= 0.6 is 0 Å². The maximum Gasteiger partial charge on any atom is 0.347 e. The Kier molecular flexibility index (Phi) is 7.01. The monoisotopic (exact) mass is 462 g/mol. The third-order valence-electron chi connectivity index (χ3n) is 5.83. The fourth-order valence-electron chi connectivity index (χ4n) is 4.04. The van der Waals surface area contributed by atoms with E-state index in [4.69, 9.17) is 14.2 Å². The normalized spacial score (nSPS) is 17.7. The summed E-state index contributed by atoms with van der Waals surface area (Å²) < 4.78 is 16.3. The van der Waals surface area contributed by atoms with Gasteiger partial charge in [-0.1, -0.05) is 18.2 Å². The van der Waals surface area contributed by atoms with Crippen LogP contribution in [0.1, 0.15) is 40.5 Å². The summed E-state index contributed by atoms with van der Waals surface area (Å²) in [5.41, 5.74) is 1.32. The Bertz CT molecular complexity index is 1170. The molecular weight excluding hydrogens is 436 g/mol. The quantitative estimate of drug-likeness (QED) is 0.514. The summed E-state index contributed by atoms with van der Waals surface area (Å²) in [6.45, 7) is 2.35. The molecular formula is C25H26N4O5. The lowest BCUT2D eigenvalue weighted by atomic mass is 9.98. The minimum absolute atomic E-state index is 0.00967. The number of carbonyl (C=O) groups excluding carboxylic acids is 2. The van der Waals surface area contributed by atoms with Gasteiger partial charge in [-0.15, -0.1) is 0 Å². The highest BCUT2D eigenvalue weighted by molar-refractivity contribution is 6.00. The van der Waals surface area contributed by atoms with Gasteiger partial charge in [-0.25, -0.2) is 19.7 Å². The second-order valence-corrected chi connectivity index (χ2v) is 7.93. The van der Waals surface area contributed by atoms with Gasteiger partial charge in [0.25, 0.3) is 5.91 Å². The number of pyridine rings is 1. The molecule has 1 aliphatic rings. The maximum absolute atomic E-state index is 13.6. The van der Waals surface area contributed by atoms with Crippen molar-refractivity contribution in [3.05, 3.63) is 66.1 Å². The van der Waals surface area contributed by atoms with Crippen molar-refractivity contribution in [3.8, 4) is 23.0 Å². The fourth-order valence-corrected chi connectivity index (χ4v) is 4.04. The average Bonchev–Trinajstić information content (AvgIpc) is 2.89. The van der Waals surface area contributed by atoms with Crippen LogP contribution in [-0.4, -0.2) is 64.6 Å². The summed E-state index contributed by atoms with van der Waals surface area (Å²) in [6.07, 6.45) is 5.88. The number of likely N-dealkylation sites (tertiary alicyclic amines) is 1. The van der Waals surface area contributed by atoms with Gasteiger partial charge >= 0.3 is 5.97 Å².